The van der Waals surface area contributed by atoms with Crippen molar-refractivity contribution in [3.63, 3.8) is 0 Å². The van der Waals surface area contributed by atoms with Crippen LogP contribution in [0.5, 0.6) is 0 Å². The summed E-state index contributed by atoms with van der Waals surface area (Å²) in [6, 6.07) is 15.2. The summed E-state index contributed by atoms with van der Waals surface area (Å²) in [4.78, 5) is 34.7. The molecule has 0 saturated carbocycles. The summed E-state index contributed by atoms with van der Waals surface area (Å²) in [5.41, 5.74) is 4.52. The van der Waals surface area contributed by atoms with E-state index in [2.05, 4.69) is 22.8 Å². The molecule has 0 aromatic heterocycles. The molecule has 6 nitrogen and oxygen atoms in total. The Kier molecular flexibility index (Phi) is 3.72. The number of ether oxygens (including phenoxy) is 1. The minimum atomic E-state index is -0.858. The Morgan fingerprint density at radius 1 is 1.04 bits per heavy atom. The molecule has 1 aliphatic heterocycles. The molecule has 126 valence electrons. The first-order valence-corrected chi connectivity index (χ1v) is 8.08. The van der Waals surface area contributed by atoms with Gasteiger partial charge in [-0.1, -0.05) is 48.5 Å². The number of carbonyl (C=O) groups excluding carboxylic acids is 3. The van der Waals surface area contributed by atoms with Gasteiger partial charge in [0.15, 0.2) is 0 Å². The van der Waals surface area contributed by atoms with E-state index in [9.17, 15) is 14.4 Å². The Hall–Kier alpha value is -3.15. The first kappa shape index (κ1) is 15.4. The molecule has 0 radical (unpaired) electrons. The fourth-order valence-electron chi connectivity index (χ4n) is 3.45. The molecule has 2 aromatic rings. The maximum absolute atomic E-state index is 12.0. The molecule has 1 heterocycles. The lowest BCUT2D eigenvalue weighted by Gasteiger charge is -2.15. The van der Waals surface area contributed by atoms with Crippen molar-refractivity contribution in [2.75, 3.05) is 6.61 Å². The lowest BCUT2D eigenvalue weighted by Crippen LogP contribution is -2.40. The zero-order chi connectivity index (χ0) is 17.4. The van der Waals surface area contributed by atoms with Crippen LogP contribution in [0.4, 0.5) is 4.79 Å². The van der Waals surface area contributed by atoms with Gasteiger partial charge in [0.25, 0.3) is 0 Å². The molecule has 1 unspecified atom stereocenters. The summed E-state index contributed by atoms with van der Waals surface area (Å²) in [7, 11) is 0. The lowest BCUT2D eigenvalue weighted by atomic mass is 9.98. The number of fused-ring (bicyclic) bond motifs is 3. The van der Waals surface area contributed by atoms with E-state index in [0.29, 0.717) is 0 Å². The first-order chi connectivity index (χ1) is 12.1. The Balaban J connectivity index is 1.47. The van der Waals surface area contributed by atoms with E-state index < -0.39 is 23.9 Å². The summed E-state index contributed by atoms with van der Waals surface area (Å²) < 4.78 is 5.34. The Bertz CT molecular complexity index is 832. The first-order valence-electron chi connectivity index (χ1n) is 8.08. The average Bonchev–Trinajstić information content (AvgIpc) is 3.10. The van der Waals surface area contributed by atoms with Crippen LogP contribution < -0.4 is 10.6 Å². The minimum Gasteiger partial charge on any atom is -0.449 e. The van der Waals surface area contributed by atoms with Gasteiger partial charge in [-0.15, -0.1) is 0 Å². The molecule has 6 heteroatoms. The molecular weight excluding hydrogens is 320 g/mol. The van der Waals surface area contributed by atoms with Gasteiger partial charge >= 0.3 is 6.09 Å². The van der Waals surface area contributed by atoms with Crippen molar-refractivity contribution in [3.05, 3.63) is 59.7 Å². The summed E-state index contributed by atoms with van der Waals surface area (Å²) >= 11 is 0. The van der Waals surface area contributed by atoms with Crippen molar-refractivity contribution in [2.45, 2.75) is 18.4 Å². The highest BCUT2D eigenvalue weighted by molar-refractivity contribution is 6.06. The number of amides is 3. The Labute approximate surface area is 144 Å². The molecule has 1 saturated heterocycles. The quantitative estimate of drug-likeness (QED) is 0.839. The minimum absolute atomic E-state index is 0.0443. The highest BCUT2D eigenvalue weighted by Gasteiger charge is 2.33. The van der Waals surface area contributed by atoms with Gasteiger partial charge in [0.1, 0.15) is 12.6 Å². The van der Waals surface area contributed by atoms with Crippen molar-refractivity contribution in [1.29, 1.82) is 0 Å². The third-order valence-corrected chi connectivity index (χ3v) is 4.60. The number of alkyl carbamates (subject to hydrolysis) is 1. The van der Waals surface area contributed by atoms with Crippen molar-refractivity contribution in [2.24, 2.45) is 0 Å². The van der Waals surface area contributed by atoms with E-state index in [1.54, 1.807) is 0 Å². The standard InChI is InChI=1S/C19H16N2O4/c22-17-9-16(18(23)21-17)20-19(24)25-10-15-13-7-3-1-5-11(13)12-6-2-4-8-14(12)15/h1-8,15-16H,9-10H2,(H,20,24)(H,21,22,23). The van der Waals surface area contributed by atoms with Gasteiger partial charge in [-0.3, -0.25) is 14.9 Å². The van der Waals surface area contributed by atoms with Crippen LogP contribution in [0.25, 0.3) is 11.1 Å². The summed E-state index contributed by atoms with van der Waals surface area (Å²) in [5, 5.41) is 4.58. The van der Waals surface area contributed by atoms with Gasteiger partial charge in [-0.25, -0.2) is 4.79 Å². The number of rotatable bonds is 3. The van der Waals surface area contributed by atoms with Crippen LogP contribution >= 0.6 is 0 Å². The number of hydrogen-bond acceptors (Lipinski definition) is 4. The molecule has 1 atom stereocenters. The molecule has 25 heavy (non-hydrogen) atoms. The summed E-state index contributed by atoms with van der Waals surface area (Å²) in [6.07, 6.45) is -0.750. The molecule has 3 amide bonds. The monoisotopic (exact) mass is 336 g/mol. The number of hydrogen-bond donors (Lipinski definition) is 2. The van der Waals surface area contributed by atoms with Crippen molar-refractivity contribution in [3.8, 4) is 11.1 Å². The van der Waals surface area contributed by atoms with Crippen LogP contribution in [0.3, 0.4) is 0 Å². The molecule has 0 bridgehead atoms. The molecule has 2 N–H and O–H groups in total. The van der Waals surface area contributed by atoms with Crippen LogP contribution in [0.1, 0.15) is 23.5 Å². The van der Waals surface area contributed by atoms with Crippen LogP contribution in [-0.4, -0.2) is 30.6 Å². The third-order valence-electron chi connectivity index (χ3n) is 4.60. The van der Waals surface area contributed by atoms with E-state index in [4.69, 9.17) is 4.74 Å². The van der Waals surface area contributed by atoms with Crippen LogP contribution in [0, 0.1) is 0 Å². The highest BCUT2D eigenvalue weighted by Crippen LogP contribution is 2.44. The molecular formula is C19H16N2O4. The number of benzene rings is 2. The summed E-state index contributed by atoms with van der Waals surface area (Å²) in [5.74, 6) is -0.940. The number of nitrogens with one attached hydrogen (secondary N) is 2. The van der Waals surface area contributed by atoms with Crippen LogP contribution in [-0.2, 0) is 14.3 Å². The second kappa shape index (κ2) is 6.05. The number of imide groups is 1. The van der Waals surface area contributed by atoms with Crippen molar-refractivity contribution < 1.29 is 19.1 Å². The van der Waals surface area contributed by atoms with E-state index in [1.165, 1.54) is 0 Å². The van der Waals surface area contributed by atoms with Crippen LogP contribution in [0.15, 0.2) is 48.5 Å². The smallest absolute Gasteiger partial charge is 0.407 e. The lowest BCUT2D eigenvalue weighted by molar-refractivity contribution is -0.125. The van der Waals surface area contributed by atoms with Crippen LogP contribution in [0.2, 0.25) is 0 Å². The van der Waals surface area contributed by atoms with Gasteiger partial charge in [-0.2, -0.15) is 0 Å². The predicted molar refractivity (Wildman–Crippen MR) is 89.8 cm³/mol. The molecule has 2 aromatic carbocycles. The van der Waals surface area contributed by atoms with Gasteiger partial charge in [0, 0.05) is 5.92 Å². The SMILES string of the molecule is O=C1CC(NC(=O)OCC2c3ccccc3-c3ccccc32)C(=O)N1. The molecule has 2 aliphatic rings. The Morgan fingerprint density at radius 2 is 1.64 bits per heavy atom. The second-order valence-corrected chi connectivity index (χ2v) is 6.14. The molecule has 4 rings (SSSR count). The third kappa shape index (κ3) is 2.76. The second-order valence-electron chi connectivity index (χ2n) is 6.14. The fourth-order valence-corrected chi connectivity index (χ4v) is 3.45. The van der Waals surface area contributed by atoms with Crippen molar-refractivity contribution >= 4 is 17.9 Å². The maximum atomic E-state index is 12.0. The van der Waals surface area contributed by atoms with Gasteiger partial charge in [-0.05, 0) is 22.3 Å². The molecule has 0 spiro atoms. The normalized spacial score (nSPS) is 18.5. The van der Waals surface area contributed by atoms with Crippen molar-refractivity contribution in [1.82, 2.24) is 10.6 Å². The number of carbonyl (C=O) groups is 3. The predicted octanol–water partition coefficient (Wildman–Crippen LogP) is 1.94. The summed E-state index contributed by atoms with van der Waals surface area (Å²) in [6.45, 7) is 0.169. The Morgan fingerprint density at radius 3 is 2.20 bits per heavy atom. The molecule has 1 aliphatic carbocycles. The van der Waals surface area contributed by atoms with E-state index in [-0.39, 0.29) is 18.9 Å². The fraction of sp³-hybridized carbons (Fsp3) is 0.211. The van der Waals surface area contributed by atoms with Gasteiger partial charge < -0.3 is 10.1 Å². The van der Waals surface area contributed by atoms with E-state index >= 15 is 0 Å². The average molecular weight is 336 g/mol. The van der Waals surface area contributed by atoms with Gasteiger partial charge in [0.05, 0.1) is 6.42 Å². The zero-order valence-electron chi connectivity index (χ0n) is 13.3. The van der Waals surface area contributed by atoms with E-state index in [1.807, 2.05) is 36.4 Å². The molecule has 1 fully saturated rings. The van der Waals surface area contributed by atoms with Gasteiger partial charge in [0.2, 0.25) is 11.8 Å². The van der Waals surface area contributed by atoms with E-state index in [0.717, 1.165) is 22.3 Å². The maximum Gasteiger partial charge on any atom is 0.407 e. The topological polar surface area (TPSA) is 84.5 Å². The zero-order valence-corrected chi connectivity index (χ0v) is 13.3. The largest absolute Gasteiger partial charge is 0.449 e. The highest BCUT2D eigenvalue weighted by atomic mass is 16.5.